The van der Waals surface area contributed by atoms with E-state index in [1.807, 2.05) is 0 Å². The third-order valence-electron chi connectivity index (χ3n) is 2.42. The third-order valence-corrected chi connectivity index (χ3v) is 2.42. The largest absolute Gasteiger partial charge is 0.481 e. The summed E-state index contributed by atoms with van der Waals surface area (Å²) in [6, 6.07) is -2.49. The van der Waals surface area contributed by atoms with Crippen LogP contribution in [0.15, 0.2) is 0 Å². The van der Waals surface area contributed by atoms with Gasteiger partial charge in [0.05, 0.1) is 6.42 Å². The number of amides is 2. The van der Waals surface area contributed by atoms with Gasteiger partial charge in [0, 0.05) is 5.41 Å². The van der Waals surface area contributed by atoms with Gasteiger partial charge in [0.25, 0.3) is 0 Å². The van der Waals surface area contributed by atoms with Crippen LogP contribution < -0.4 is 10.6 Å². The van der Waals surface area contributed by atoms with Crippen molar-refractivity contribution in [3.63, 3.8) is 0 Å². The first-order valence-electron chi connectivity index (χ1n) is 6.01. The van der Waals surface area contributed by atoms with Crippen LogP contribution in [0.25, 0.3) is 0 Å². The Balaban J connectivity index is 4.62. The lowest BCUT2D eigenvalue weighted by atomic mass is 9.95. The molecule has 0 aromatic rings. The maximum Gasteiger partial charge on any atom is 0.326 e. The quantitative estimate of drug-likeness (QED) is 0.524. The number of hydrogen-bond acceptors (Lipinski definition) is 4. The summed E-state index contributed by atoms with van der Waals surface area (Å²) in [4.78, 5) is 44.7. The molecule has 2 atom stereocenters. The van der Waals surface area contributed by atoms with Gasteiger partial charge in [0.1, 0.15) is 12.1 Å². The topological polar surface area (TPSA) is 133 Å². The van der Waals surface area contributed by atoms with Gasteiger partial charge in [0.15, 0.2) is 0 Å². The second-order valence-corrected chi connectivity index (χ2v) is 5.44. The summed E-state index contributed by atoms with van der Waals surface area (Å²) in [6.45, 7) is 6.38. The Labute approximate surface area is 116 Å². The second-order valence-electron chi connectivity index (χ2n) is 5.44. The Morgan fingerprint density at radius 1 is 1.05 bits per heavy atom. The summed E-state index contributed by atoms with van der Waals surface area (Å²) in [7, 11) is 0. The molecule has 0 heterocycles. The van der Waals surface area contributed by atoms with E-state index in [-0.39, 0.29) is 5.91 Å². The number of hydrogen-bond donors (Lipinski definition) is 4. The summed E-state index contributed by atoms with van der Waals surface area (Å²) >= 11 is 0. The van der Waals surface area contributed by atoms with Crippen LogP contribution in [-0.2, 0) is 19.2 Å². The van der Waals surface area contributed by atoms with Gasteiger partial charge in [-0.1, -0.05) is 20.8 Å². The number of carbonyl (C=O) groups excluding carboxylic acids is 2. The summed E-state index contributed by atoms with van der Waals surface area (Å²) in [5, 5.41) is 21.8. The number of aliphatic carboxylic acids is 2. The predicted molar refractivity (Wildman–Crippen MR) is 68.9 cm³/mol. The van der Waals surface area contributed by atoms with Gasteiger partial charge in [-0.25, -0.2) is 4.79 Å². The van der Waals surface area contributed by atoms with E-state index in [9.17, 15) is 19.2 Å². The molecule has 0 aliphatic heterocycles. The van der Waals surface area contributed by atoms with Gasteiger partial charge in [0.2, 0.25) is 11.8 Å². The lowest BCUT2D eigenvalue weighted by Crippen LogP contribution is -2.52. The molecule has 0 fully saturated rings. The monoisotopic (exact) mass is 288 g/mol. The highest BCUT2D eigenvalue weighted by Crippen LogP contribution is 2.12. The van der Waals surface area contributed by atoms with E-state index < -0.39 is 41.8 Å². The van der Waals surface area contributed by atoms with Crippen molar-refractivity contribution in [1.82, 2.24) is 10.6 Å². The van der Waals surface area contributed by atoms with Crippen molar-refractivity contribution in [1.29, 1.82) is 0 Å². The first kappa shape index (κ1) is 17.9. The molecule has 4 N–H and O–H groups in total. The number of carboxylic acids is 2. The van der Waals surface area contributed by atoms with Crippen molar-refractivity contribution < 1.29 is 29.4 Å². The number of carboxylic acid groups (broad SMARTS) is 2. The number of rotatable bonds is 6. The van der Waals surface area contributed by atoms with Crippen molar-refractivity contribution >= 4 is 23.8 Å². The van der Waals surface area contributed by atoms with E-state index >= 15 is 0 Å². The Morgan fingerprint density at radius 3 is 1.90 bits per heavy atom. The molecule has 8 nitrogen and oxygen atoms in total. The zero-order valence-corrected chi connectivity index (χ0v) is 11.9. The van der Waals surface area contributed by atoms with Crippen molar-refractivity contribution in [3.8, 4) is 0 Å². The lowest BCUT2D eigenvalue weighted by molar-refractivity contribution is -0.147. The van der Waals surface area contributed by atoms with E-state index in [4.69, 9.17) is 10.2 Å². The van der Waals surface area contributed by atoms with Crippen molar-refractivity contribution in [2.45, 2.75) is 46.2 Å². The highest BCUT2D eigenvalue weighted by atomic mass is 16.4. The molecule has 0 saturated carbocycles. The first-order chi connectivity index (χ1) is 8.95. The molecule has 0 rings (SSSR count). The zero-order chi connectivity index (χ0) is 16.1. The Morgan fingerprint density at radius 2 is 1.55 bits per heavy atom. The van der Waals surface area contributed by atoms with Gasteiger partial charge in [-0.15, -0.1) is 0 Å². The average molecular weight is 288 g/mol. The summed E-state index contributed by atoms with van der Waals surface area (Å²) < 4.78 is 0. The predicted octanol–water partition coefficient (Wildman–Crippen LogP) is -0.419. The fourth-order valence-corrected chi connectivity index (χ4v) is 1.15. The zero-order valence-electron chi connectivity index (χ0n) is 11.9. The maximum atomic E-state index is 11.7. The van der Waals surface area contributed by atoms with Gasteiger partial charge in [-0.3, -0.25) is 14.4 Å². The third kappa shape index (κ3) is 6.17. The molecule has 0 spiro atoms. The van der Waals surface area contributed by atoms with Crippen LogP contribution in [-0.4, -0.2) is 46.0 Å². The molecule has 0 bridgehead atoms. The maximum absolute atomic E-state index is 11.7. The molecule has 0 saturated heterocycles. The van der Waals surface area contributed by atoms with Gasteiger partial charge in [-0.2, -0.15) is 0 Å². The highest BCUT2D eigenvalue weighted by Gasteiger charge is 2.28. The Hall–Kier alpha value is -2.12. The minimum absolute atomic E-state index is 0.370. The van der Waals surface area contributed by atoms with Crippen LogP contribution in [0.4, 0.5) is 0 Å². The molecule has 0 aliphatic rings. The minimum Gasteiger partial charge on any atom is -0.481 e. The smallest absolute Gasteiger partial charge is 0.326 e. The van der Waals surface area contributed by atoms with E-state index in [1.54, 1.807) is 20.8 Å². The molecule has 0 aliphatic carbocycles. The molecule has 114 valence electrons. The van der Waals surface area contributed by atoms with Gasteiger partial charge in [-0.05, 0) is 6.92 Å². The Bertz CT molecular complexity index is 413. The fraction of sp³-hybridized carbons (Fsp3) is 0.667. The van der Waals surface area contributed by atoms with Crippen LogP contribution in [0.5, 0.6) is 0 Å². The van der Waals surface area contributed by atoms with E-state index in [0.29, 0.717) is 0 Å². The standard InChI is InChI=1S/C12H20N2O6/c1-6(13-11(20)12(2,3)4)9(17)14-7(10(18)19)5-8(15)16/h6-7H,5H2,1-4H3,(H,13,20)(H,14,17)(H,15,16)(H,18,19)/t6?,7-/m1/s1. The second kappa shape index (κ2) is 6.88. The molecule has 0 aromatic heterocycles. The van der Waals surface area contributed by atoms with Crippen LogP contribution in [0.3, 0.4) is 0 Å². The SMILES string of the molecule is CC(NC(=O)C(C)(C)C)C(=O)N[C@H](CC(=O)O)C(=O)O. The molecule has 0 aromatic carbocycles. The lowest BCUT2D eigenvalue weighted by Gasteiger charge is -2.22. The summed E-state index contributed by atoms with van der Waals surface area (Å²) in [5.41, 5.74) is -0.693. The average Bonchev–Trinajstić information content (AvgIpc) is 2.25. The van der Waals surface area contributed by atoms with Gasteiger partial charge >= 0.3 is 11.9 Å². The minimum atomic E-state index is -1.53. The number of nitrogens with one attached hydrogen (secondary N) is 2. The molecule has 1 unspecified atom stereocenters. The van der Waals surface area contributed by atoms with Crippen LogP contribution >= 0.6 is 0 Å². The van der Waals surface area contributed by atoms with Crippen LogP contribution in [0.1, 0.15) is 34.1 Å². The Kier molecular flexibility index (Phi) is 6.15. The van der Waals surface area contributed by atoms with Crippen molar-refractivity contribution in [2.75, 3.05) is 0 Å². The molecular weight excluding hydrogens is 268 g/mol. The van der Waals surface area contributed by atoms with E-state index in [1.165, 1.54) is 6.92 Å². The molecular formula is C12H20N2O6. The highest BCUT2D eigenvalue weighted by molar-refractivity contribution is 5.92. The molecule has 2 amide bonds. The molecule has 0 radical (unpaired) electrons. The normalized spacial score (nSPS) is 14.0. The number of carbonyl (C=O) groups is 4. The van der Waals surface area contributed by atoms with Crippen molar-refractivity contribution in [2.24, 2.45) is 5.41 Å². The summed E-state index contributed by atoms with van der Waals surface area (Å²) in [5.74, 6) is -3.92. The fourth-order valence-electron chi connectivity index (χ4n) is 1.15. The van der Waals surface area contributed by atoms with Crippen LogP contribution in [0, 0.1) is 5.41 Å². The first-order valence-corrected chi connectivity index (χ1v) is 6.01. The van der Waals surface area contributed by atoms with E-state index in [0.717, 1.165) is 0 Å². The summed E-state index contributed by atoms with van der Waals surface area (Å²) in [6.07, 6.45) is -0.735. The van der Waals surface area contributed by atoms with E-state index in [2.05, 4.69) is 10.6 Å². The van der Waals surface area contributed by atoms with Gasteiger partial charge < -0.3 is 20.8 Å². The van der Waals surface area contributed by atoms with Crippen LogP contribution in [0.2, 0.25) is 0 Å². The molecule has 20 heavy (non-hydrogen) atoms. The van der Waals surface area contributed by atoms with Crippen molar-refractivity contribution in [3.05, 3.63) is 0 Å². The molecule has 8 heteroatoms.